The number of halogens is 3. The normalized spacial score (nSPS) is 11.2. The third-order valence-corrected chi connectivity index (χ3v) is 4.80. The summed E-state index contributed by atoms with van der Waals surface area (Å²) in [5, 5.41) is -0.223. The summed E-state index contributed by atoms with van der Waals surface area (Å²) in [6.45, 7) is 0. The summed E-state index contributed by atoms with van der Waals surface area (Å²) in [7, 11) is 1.18. The van der Waals surface area contributed by atoms with Crippen LogP contribution in [0.25, 0.3) is 11.0 Å². The first-order valence-corrected chi connectivity index (χ1v) is 9.99. The highest BCUT2D eigenvalue weighted by Crippen LogP contribution is 2.38. The van der Waals surface area contributed by atoms with Gasteiger partial charge in [-0.1, -0.05) is 18.2 Å². The molecule has 35 heavy (non-hydrogen) atoms. The molecule has 0 unspecified atom stereocenters. The molecule has 0 saturated carbocycles. The van der Waals surface area contributed by atoms with E-state index in [9.17, 15) is 27.6 Å². The fourth-order valence-electron chi connectivity index (χ4n) is 3.13. The summed E-state index contributed by atoms with van der Waals surface area (Å²) in [6, 6.07) is 16.4. The molecule has 0 spiro atoms. The Bertz CT molecular complexity index is 1460. The molecule has 0 aliphatic carbocycles. The van der Waals surface area contributed by atoms with Crippen molar-refractivity contribution in [3.05, 3.63) is 99.9 Å². The number of hydrogen-bond donors (Lipinski definition) is 0. The number of alkyl halides is 3. The third kappa shape index (κ3) is 5.01. The number of carbonyl (C=O) groups excluding carboxylic acids is 2. The van der Waals surface area contributed by atoms with Crippen molar-refractivity contribution in [2.75, 3.05) is 7.11 Å². The Hall–Kier alpha value is -4.60. The van der Waals surface area contributed by atoms with Crippen LogP contribution in [0.3, 0.4) is 0 Å². The Kier molecular flexibility index (Phi) is 6.28. The van der Waals surface area contributed by atoms with Gasteiger partial charge in [0.2, 0.25) is 11.2 Å². The molecule has 0 bridgehead atoms. The highest BCUT2D eigenvalue weighted by Gasteiger charge is 2.40. The van der Waals surface area contributed by atoms with Crippen LogP contribution in [0.1, 0.15) is 26.5 Å². The fourth-order valence-corrected chi connectivity index (χ4v) is 3.13. The topological polar surface area (TPSA) is 92.0 Å². The Morgan fingerprint density at radius 1 is 0.829 bits per heavy atom. The lowest BCUT2D eigenvalue weighted by Crippen LogP contribution is -2.15. The van der Waals surface area contributed by atoms with Crippen LogP contribution < -0.4 is 14.9 Å². The lowest BCUT2D eigenvalue weighted by atomic mass is 10.2. The maximum absolute atomic E-state index is 13.7. The molecule has 4 aromatic rings. The zero-order valence-electron chi connectivity index (χ0n) is 17.9. The van der Waals surface area contributed by atoms with Crippen LogP contribution in [0.15, 0.2) is 82.0 Å². The van der Waals surface area contributed by atoms with Crippen LogP contribution in [0.4, 0.5) is 13.2 Å². The van der Waals surface area contributed by atoms with Gasteiger partial charge in [0, 0.05) is 6.07 Å². The highest BCUT2D eigenvalue weighted by molar-refractivity contribution is 5.91. The quantitative estimate of drug-likeness (QED) is 0.269. The molecule has 0 aliphatic heterocycles. The fraction of sp³-hybridized carbons (Fsp3) is 0.0800. The second kappa shape index (κ2) is 9.34. The van der Waals surface area contributed by atoms with Gasteiger partial charge in [-0.3, -0.25) is 4.79 Å². The van der Waals surface area contributed by atoms with E-state index in [-0.39, 0.29) is 28.0 Å². The molecule has 0 atom stereocenters. The minimum absolute atomic E-state index is 0.116. The largest absolute Gasteiger partial charge is 0.465 e. The standard InChI is InChI=1S/C25H15F3O7/c1-32-23(30)15-7-9-16(10-8-15)33-21-20(29)18-12-11-17(13-19(18)35-22(21)25(26,27)28)34-24(31)14-5-3-2-4-6-14/h2-13H,1H3. The van der Waals surface area contributed by atoms with Gasteiger partial charge in [-0.05, 0) is 48.5 Å². The van der Waals surface area contributed by atoms with Gasteiger partial charge >= 0.3 is 18.1 Å². The maximum Gasteiger partial charge on any atom is 0.453 e. The van der Waals surface area contributed by atoms with Crippen molar-refractivity contribution in [1.82, 2.24) is 0 Å². The Balaban J connectivity index is 1.72. The van der Waals surface area contributed by atoms with E-state index < -0.39 is 40.6 Å². The molecule has 7 nitrogen and oxygen atoms in total. The molecular formula is C25H15F3O7. The first-order valence-electron chi connectivity index (χ1n) is 9.99. The van der Waals surface area contributed by atoms with Crippen LogP contribution >= 0.6 is 0 Å². The van der Waals surface area contributed by atoms with Gasteiger partial charge in [0.05, 0.1) is 23.6 Å². The van der Waals surface area contributed by atoms with Gasteiger partial charge in [0.25, 0.3) is 5.76 Å². The summed E-state index contributed by atoms with van der Waals surface area (Å²) >= 11 is 0. The number of fused-ring (bicyclic) bond motifs is 1. The molecule has 0 fully saturated rings. The molecule has 1 heterocycles. The predicted molar refractivity (Wildman–Crippen MR) is 117 cm³/mol. The van der Waals surface area contributed by atoms with Gasteiger partial charge in [-0.15, -0.1) is 0 Å². The average Bonchev–Trinajstić information content (AvgIpc) is 2.85. The van der Waals surface area contributed by atoms with Crippen LogP contribution in [-0.4, -0.2) is 19.0 Å². The number of methoxy groups -OCH3 is 1. The van der Waals surface area contributed by atoms with Crippen LogP contribution in [0.2, 0.25) is 0 Å². The molecule has 3 aromatic carbocycles. The summed E-state index contributed by atoms with van der Waals surface area (Å²) in [5.41, 5.74) is -1.17. The minimum atomic E-state index is -5.08. The van der Waals surface area contributed by atoms with E-state index in [2.05, 4.69) is 4.74 Å². The lowest BCUT2D eigenvalue weighted by molar-refractivity contribution is -0.154. The van der Waals surface area contributed by atoms with E-state index in [1.807, 2.05) is 0 Å². The maximum atomic E-state index is 13.7. The monoisotopic (exact) mass is 484 g/mol. The summed E-state index contributed by atoms with van der Waals surface area (Å²) < 4.78 is 61.2. The van der Waals surface area contributed by atoms with Gasteiger partial charge in [-0.2, -0.15) is 13.2 Å². The minimum Gasteiger partial charge on any atom is -0.465 e. The van der Waals surface area contributed by atoms with E-state index in [0.29, 0.717) is 0 Å². The van der Waals surface area contributed by atoms with E-state index in [4.69, 9.17) is 13.9 Å². The molecular weight excluding hydrogens is 469 g/mol. The van der Waals surface area contributed by atoms with Crippen molar-refractivity contribution >= 4 is 22.9 Å². The molecule has 178 valence electrons. The first kappa shape index (κ1) is 23.6. The third-order valence-electron chi connectivity index (χ3n) is 4.80. The molecule has 1 aromatic heterocycles. The van der Waals surface area contributed by atoms with Gasteiger partial charge in [0.15, 0.2) is 0 Å². The van der Waals surface area contributed by atoms with E-state index in [1.54, 1.807) is 18.2 Å². The van der Waals surface area contributed by atoms with Crippen molar-refractivity contribution in [3.63, 3.8) is 0 Å². The van der Waals surface area contributed by atoms with Crippen molar-refractivity contribution in [2.24, 2.45) is 0 Å². The van der Waals surface area contributed by atoms with Crippen LogP contribution in [-0.2, 0) is 10.9 Å². The molecule has 4 rings (SSSR count). The Labute approximate surface area is 195 Å². The number of carbonyl (C=O) groups is 2. The second-order valence-electron chi connectivity index (χ2n) is 7.12. The van der Waals surface area contributed by atoms with Crippen molar-refractivity contribution < 1.29 is 41.4 Å². The second-order valence-corrected chi connectivity index (χ2v) is 7.12. The van der Waals surface area contributed by atoms with Gasteiger partial charge < -0.3 is 18.6 Å². The van der Waals surface area contributed by atoms with Crippen LogP contribution in [0.5, 0.6) is 17.2 Å². The van der Waals surface area contributed by atoms with Gasteiger partial charge in [-0.25, -0.2) is 9.59 Å². The van der Waals surface area contributed by atoms with Crippen LogP contribution in [0, 0.1) is 0 Å². The smallest absolute Gasteiger partial charge is 0.453 e. The Morgan fingerprint density at radius 2 is 1.46 bits per heavy atom. The van der Waals surface area contributed by atoms with Crippen molar-refractivity contribution in [3.8, 4) is 17.2 Å². The molecule has 0 amide bonds. The molecule has 0 aliphatic rings. The lowest BCUT2D eigenvalue weighted by Gasteiger charge is -2.14. The van der Waals surface area contributed by atoms with E-state index in [0.717, 1.165) is 6.07 Å². The molecule has 0 radical (unpaired) electrons. The van der Waals surface area contributed by atoms with Crippen molar-refractivity contribution in [2.45, 2.75) is 6.18 Å². The average molecular weight is 484 g/mol. The first-order chi connectivity index (χ1) is 16.7. The Morgan fingerprint density at radius 3 is 2.09 bits per heavy atom. The van der Waals surface area contributed by atoms with Crippen molar-refractivity contribution in [1.29, 1.82) is 0 Å². The number of esters is 2. The summed E-state index contributed by atoms with van der Waals surface area (Å²) in [6.07, 6.45) is -5.08. The zero-order chi connectivity index (χ0) is 25.2. The number of hydrogen-bond acceptors (Lipinski definition) is 7. The molecule has 0 saturated heterocycles. The van der Waals surface area contributed by atoms with E-state index >= 15 is 0 Å². The number of rotatable bonds is 5. The SMILES string of the molecule is COC(=O)c1ccc(Oc2c(C(F)(F)F)oc3cc(OC(=O)c4ccccc4)ccc3c2=O)cc1. The highest BCUT2D eigenvalue weighted by atomic mass is 19.4. The molecule has 0 N–H and O–H groups in total. The summed E-state index contributed by atoms with van der Waals surface area (Å²) in [4.78, 5) is 36.7. The number of ether oxygens (including phenoxy) is 3. The van der Waals surface area contributed by atoms with E-state index in [1.165, 1.54) is 55.6 Å². The summed E-state index contributed by atoms with van der Waals surface area (Å²) in [5.74, 6) is -4.39. The molecule has 10 heteroatoms. The van der Waals surface area contributed by atoms with Gasteiger partial charge in [0.1, 0.15) is 17.1 Å². The predicted octanol–water partition coefficient (Wildman–Crippen LogP) is 5.61. The number of benzene rings is 3. The zero-order valence-corrected chi connectivity index (χ0v) is 17.9.